The molecule has 0 bridgehead atoms. The Morgan fingerprint density at radius 1 is 1.37 bits per heavy atom. The number of carboxylic acid groups (broad SMARTS) is 1. The first-order chi connectivity index (χ1) is 9.19. The summed E-state index contributed by atoms with van der Waals surface area (Å²) in [6.45, 7) is 0.542. The van der Waals surface area contributed by atoms with E-state index in [9.17, 15) is 4.79 Å². The van der Waals surface area contributed by atoms with E-state index in [2.05, 4.69) is 15.3 Å². The Hall–Kier alpha value is -2.63. The van der Waals surface area contributed by atoms with Crippen LogP contribution in [0, 0.1) is 0 Å². The summed E-state index contributed by atoms with van der Waals surface area (Å²) >= 11 is 0. The van der Waals surface area contributed by atoms with E-state index in [1.807, 2.05) is 6.07 Å². The second kappa shape index (κ2) is 5.81. The monoisotopic (exact) mass is 259 g/mol. The van der Waals surface area contributed by atoms with Crippen LogP contribution in [-0.4, -0.2) is 28.2 Å². The van der Waals surface area contributed by atoms with E-state index in [1.54, 1.807) is 25.4 Å². The van der Waals surface area contributed by atoms with E-state index in [0.717, 1.165) is 11.3 Å². The molecule has 0 spiro atoms. The summed E-state index contributed by atoms with van der Waals surface area (Å²) in [4.78, 5) is 18.5. The smallest absolute Gasteiger partial charge is 0.354 e. The number of pyridine rings is 2. The Labute approximate surface area is 110 Å². The van der Waals surface area contributed by atoms with Crippen molar-refractivity contribution < 1.29 is 14.6 Å². The molecule has 0 unspecified atom stereocenters. The summed E-state index contributed by atoms with van der Waals surface area (Å²) in [5.74, 6) is -0.497. The lowest BCUT2D eigenvalue weighted by Crippen LogP contribution is -2.03. The standard InChI is InChI=1S/C13H13N3O3/c1-19-12-6-10(4-5-14-12)15-7-9-2-3-11(13(17)18)16-8-9/h2-6,8H,7H2,1H3,(H,14,15)(H,17,18). The van der Waals surface area contributed by atoms with Gasteiger partial charge >= 0.3 is 5.97 Å². The SMILES string of the molecule is COc1cc(NCc2ccc(C(=O)O)nc2)ccn1. The zero-order valence-electron chi connectivity index (χ0n) is 10.3. The molecule has 6 heteroatoms. The summed E-state index contributed by atoms with van der Waals surface area (Å²) < 4.78 is 5.02. The van der Waals surface area contributed by atoms with Crippen LogP contribution in [0.25, 0.3) is 0 Å². The first kappa shape index (κ1) is 12.8. The number of methoxy groups -OCH3 is 1. The van der Waals surface area contributed by atoms with Crippen LogP contribution in [0.5, 0.6) is 5.88 Å². The van der Waals surface area contributed by atoms with Gasteiger partial charge in [0.1, 0.15) is 5.69 Å². The number of anilines is 1. The van der Waals surface area contributed by atoms with Crippen molar-refractivity contribution in [3.63, 3.8) is 0 Å². The molecule has 0 saturated carbocycles. The first-order valence-corrected chi connectivity index (χ1v) is 5.61. The second-order valence-electron chi connectivity index (χ2n) is 3.80. The van der Waals surface area contributed by atoms with Gasteiger partial charge in [-0.3, -0.25) is 0 Å². The van der Waals surface area contributed by atoms with Gasteiger partial charge in [0, 0.05) is 30.7 Å². The number of carboxylic acids is 1. The molecule has 0 aliphatic carbocycles. The van der Waals surface area contributed by atoms with Gasteiger partial charge in [0.2, 0.25) is 5.88 Å². The van der Waals surface area contributed by atoms with Gasteiger partial charge in [0.25, 0.3) is 0 Å². The van der Waals surface area contributed by atoms with E-state index >= 15 is 0 Å². The van der Waals surface area contributed by atoms with Gasteiger partial charge in [0.05, 0.1) is 7.11 Å². The van der Waals surface area contributed by atoms with Gasteiger partial charge < -0.3 is 15.2 Å². The topological polar surface area (TPSA) is 84.3 Å². The van der Waals surface area contributed by atoms with E-state index in [0.29, 0.717) is 12.4 Å². The number of rotatable bonds is 5. The average Bonchev–Trinajstić information content (AvgIpc) is 2.46. The van der Waals surface area contributed by atoms with Crippen molar-refractivity contribution >= 4 is 11.7 Å². The first-order valence-electron chi connectivity index (χ1n) is 5.61. The normalized spacial score (nSPS) is 9.95. The van der Waals surface area contributed by atoms with Crippen LogP contribution in [0.1, 0.15) is 16.1 Å². The predicted octanol–water partition coefficient (Wildman–Crippen LogP) is 1.80. The lowest BCUT2D eigenvalue weighted by atomic mass is 10.2. The summed E-state index contributed by atoms with van der Waals surface area (Å²) in [6.07, 6.45) is 3.18. The highest BCUT2D eigenvalue weighted by Crippen LogP contribution is 2.14. The highest BCUT2D eigenvalue weighted by atomic mass is 16.5. The van der Waals surface area contributed by atoms with Gasteiger partial charge in [0.15, 0.2) is 0 Å². The summed E-state index contributed by atoms with van der Waals surface area (Å²) in [6, 6.07) is 6.80. The van der Waals surface area contributed by atoms with Crippen LogP contribution in [0.15, 0.2) is 36.7 Å². The zero-order chi connectivity index (χ0) is 13.7. The molecule has 6 nitrogen and oxygen atoms in total. The highest BCUT2D eigenvalue weighted by molar-refractivity contribution is 5.85. The average molecular weight is 259 g/mol. The zero-order valence-corrected chi connectivity index (χ0v) is 10.3. The molecule has 19 heavy (non-hydrogen) atoms. The van der Waals surface area contributed by atoms with Crippen molar-refractivity contribution in [1.29, 1.82) is 0 Å². The number of nitrogens with one attached hydrogen (secondary N) is 1. The Balaban J connectivity index is 1.99. The van der Waals surface area contributed by atoms with Crippen molar-refractivity contribution in [2.45, 2.75) is 6.54 Å². The summed E-state index contributed by atoms with van der Waals surface area (Å²) in [7, 11) is 1.56. The summed E-state index contributed by atoms with van der Waals surface area (Å²) in [5, 5.41) is 11.9. The van der Waals surface area contributed by atoms with Crippen LogP contribution in [-0.2, 0) is 6.54 Å². The Kier molecular flexibility index (Phi) is 3.92. The fraction of sp³-hybridized carbons (Fsp3) is 0.154. The molecule has 0 saturated heterocycles. The molecule has 2 heterocycles. The third kappa shape index (κ3) is 3.41. The van der Waals surface area contributed by atoms with Crippen molar-refractivity contribution in [3.05, 3.63) is 47.9 Å². The lowest BCUT2D eigenvalue weighted by Gasteiger charge is -2.07. The Bertz CT molecular complexity index is 570. The minimum Gasteiger partial charge on any atom is -0.481 e. The minimum absolute atomic E-state index is 0.0364. The molecule has 0 aliphatic heterocycles. The van der Waals surface area contributed by atoms with E-state index in [1.165, 1.54) is 12.3 Å². The molecule has 0 amide bonds. The second-order valence-corrected chi connectivity index (χ2v) is 3.80. The number of nitrogens with zero attached hydrogens (tertiary/aromatic N) is 2. The molecule has 2 aromatic heterocycles. The number of aromatic nitrogens is 2. The number of aromatic carboxylic acids is 1. The van der Waals surface area contributed by atoms with E-state index < -0.39 is 5.97 Å². The van der Waals surface area contributed by atoms with E-state index in [-0.39, 0.29) is 5.69 Å². The maximum absolute atomic E-state index is 10.7. The number of hydrogen-bond donors (Lipinski definition) is 2. The molecule has 0 fully saturated rings. The minimum atomic E-state index is -1.03. The van der Waals surface area contributed by atoms with Crippen molar-refractivity contribution in [2.24, 2.45) is 0 Å². The van der Waals surface area contributed by atoms with Crippen LogP contribution < -0.4 is 10.1 Å². The van der Waals surface area contributed by atoms with Crippen LogP contribution in [0.4, 0.5) is 5.69 Å². The Morgan fingerprint density at radius 3 is 2.84 bits per heavy atom. The van der Waals surface area contributed by atoms with E-state index in [4.69, 9.17) is 9.84 Å². The van der Waals surface area contributed by atoms with Gasteiger partial charge in [-0.1, -0.05) is 6.07 Å². The highest BCUT2D eigenvalue weighted by Gasteiger charge is 2.03. The third-order valence-electron chi connectivity index (χ3n) is 2.48. The molecule has 2 N–H and O–H groups in total. The molecular weight excluding hydrogens is 246 g/mol. The molecular formula is C13H13N3O3. The van der Waals surface area contributed by atoms with Gasteiger partial charge in [-0.05, 0) is 17.7 Å². The maximum atomic E-state index is 10.7. The Morgan fingerprint density at radius 2 is 2.21 bits per heavy atom. The number of hydrogen-bond acceptors (Lipinski definition) is 5. The van der Waals surface area contributed by atoms with Gasteiger partial charge in [-0.2, -0.15) is 0 Å². The van der Waals surface area contributed by atoms with Crippen molar-refractivity contribution in [3.8, 4) is 5.88 Å². The fourth-order valence-electron chi connectivity index (χ4n) is 1.49. The maximum Gasteiger partial charge on any atom is 0.354 e. The van der Waals surface area contributed by atoms with Gasteiger partial charge in [-0.25, -0.2) is 14.8 Å². The quantitative estimate of drug-likeness (QED) is 0.851. The van der Waals surface area contributed by atoms with Crippen molar-refractivity contribution in [2.75, 3.05) is 12.4 Å². The molecule has 2 aromatic rings. The number of ether oxygens (including phenoxy) is 1. The van der Waals surface area contributed by atoms with Crippen molar-refractivity contribution in [1.82, 2.24) is 9.97 Å². The lowest BCUT2D eigenvalue weighted by molar-refractivity contribution is 0.0690. The molecule has 0 aliphatic rings. The largest absolute Gasteiger partial charge is 0.481 e. The van der Waals surface area contributed by atoms with Gasteiger partial charge in [-0.15, -0.1) is 0 Å². The fourth-order valence-corrected chi connectivity index (χ4v) is 1.49. The number of carbonyl (C=O) groups is 1. The predicted molar refractivity (Wildman–Crippen MR) is 69.3 cm³/mol. The van der Waals surface area contributed by atoms with Crippen LogP contribution in [0.3, 0.4) is 0 Å². The van der Waals surface area contributed by atoms with Crippen LogP contribution >= 0.6 is 0 Å². The summed E-state index contributed by atoms with van der Waals surface area (Å²) in [5.41, 5.74) is 1.80. The molecule has 0 aromatic carbocycles. The van der Waals surface area contributed by atoms with Crippen LogP contribution in [0.2, 0.25) is 0 Å². The molecule has 98 valence electrons. The molecule has 2 rings (SSSR count). The molecule has 0 radical (unpaired) electrons. The molecule has 0 atom stereocenters. The third-order valence-corrected chi connectivity index (χ3v) is 2.48.